The number of hydrogen-bond donors (Lipinski definition) is 2. The Morgan fingerprint density at radius 2 is 1.77 bits per heavy atom. The van der Waals surface area contributed by atoms with Crippen molar-refractivity contribution in [1.82, 2.24) is 0 Å². The predicted molar refractivity (Wildman–Crippen MR) is 88.7 cm³/mol. The van der Waals surface area contributed by atoms with E-state index in [1.165, 1.54) is 0 Å². The first-order chi connectivity index (χ1) is 10.5. The summed E-state index contributed by atoms with van der Waals surface area (Å²) in [7, 11) is 1.63. The van der Waals surface area contributed by atoms with Crippen LogP contribution < -0.4 is 9.47 Å². The van der Waals surface area contributed by atoms with E-state index in [0.29, 0.717) is 25.2 Å². The Morgan fingerprint density at radius 1 is 1.05 bits per heavy atom. The van der Waals surface area contributed by atoms with Gasteiger partial charge < -0.3 is 19.7 Å². The van der Waals surface area contributed by atoms with Gasteiger partial charge in [0.1, 0.15) is 0 Å². The smallest absolute Gasteiger partial charge is 0.161 e. The molecule has 0 aliphatic carbocycles. The molecule has 0 saturated heterocycles. The van der Waals surface area contributed by atoms with Crippen LogP contribution >= 0.6 is 0 Å². The summed E-state index contributed by atoms with van der Waals surface area (Å²) < 4.78 is 11.0. The van der Waals surface area contributed by atoms with Crippen LogP contribution in [-0.2, 0) is 0 Å². The number of aliphatic hydroxyl groups is 2. The van der Waals surface area contributed by atoms with E-state index in [1.807, 2.05) is 32.0 Å². The molecule has 0 fully saturated rings. The first kappa shape index (κ1) is 18.8. The molecule has 4 nitrogen and oxygen atoms in total. The second-order valence-electron chi connectivity index (χ2n) is 5.82. The molecule has 0 radical (unpaired) electrons. The molecule has 3 atom stereocenters. The molecule has 2 N–H and O–H groups in total. The Morgan fingerprint density at radius 3 is 2.36 bits per heavy atom. The highest BCUT2D eigenvalue weighted by Crippen LogP contribution is 2.32. The van der Waals surface area contributed by atoms with Gasteiger partial charge >= 0.3 is 0 Å². The van der Waals surface area contributed by atoms with Gasteiger partial charge in [0, 0.05) is 0 Å². The molecular weight excluding hydrogens is 280 g/mol. The normalized spacial score (nSPS) is 15.2. The minimum absolute atomic E-state index is 0.135. The highest BCUT2D eigenvalue weighted by atomic mass is 16.5. The van der Waals surface area contributed by atoms with Gasteiger partial charge in [0.2, 0.25) is 0 Å². The Bertz CT molecular complexity index is 433. The van der Waals surface area contributed by atoms with Crippen LogP contribution in [0.3, 0.4) is 0 Å². The Labute approximate surface area is 134 Å². The number of methoxy groups -OCH3 is 1. The summed E-state index contributed by atoms with van der Waals surface area (Å²) in [6, 6.07) is 5.86. The number of aliphatic hydroxyl groups excluding tert-OH is 2. The van der Waals surface area contributed by atoms with Crippen LogP contribution in [0.2, 0.25) is 0 Å². The molecule has 0 saturated carbocycles. The number of ether oxygens (including phenoxy) is 2. The zero-order chi connectivity index (χ0) is 16.5. The quantitative estimate of drug-likeness (QED) is 0.694. The van der Waals surface area contributed by atoms with Gasteiger partial charge in [0.15, 0.2) is 11.5 Å². The SMILES string of the molecule is CCCOc1ccc(C(C)CC(O)C(O)CCC)cc1OC. The van der Waals surface area contributed by atoms with E-state index in [-0.39, 0.29) is 5.92 Å². The lowest BCUT2D eigenvalue weighted by molar-refractivity contribution is 0.00637. The highest BCUT2D eigenvalue weighted by Gasteiger charge is 2.20. The molecule has 4 heteroatoms. The molecule has 1 aromatic rings. The van der Waals surface area contributed by atoms with Crippen molar-refractivity contribution in [2.45, 2.75) is 64.6 Å². The van der Waals surface area contributed by atoms with Crippen LogP contribution in [0.15, 0.2) is 18.2 Å². The molecule has 0 aliphatic rings. The third-order valence-corrected chi connectivity index (χ3v) is 3.84. The van der Waals surface area contributed by atoms with Gasteiger partial charge in [0.05, 0.1) is 25.9 Å². The first-order valence-electron chi connectivity index (χ1n) is 8.20. The Balaban J connectivity index is 2.74. The third-order valence-electron chi connectivity index (χ3n) is 3.84. The zero-order valence-corrected chi connectivity index (χ0v) is 14.2. The van der Waals surface area contributed by atoms with Crippen LogP contribution in [0.25, 0.3) is 0 Å². The van der Waals surface area contributed by atoms with E-state index < -0.39 is 12.2 Å². The van der Waals surface area contributed by atoms with Gasteiger partial charge in [-0.3, -0.25) is 0 Å². The molecule has 3 unspecified atom stereocenters. The molecular formula is C18H30O4. The number of rotatable bonds is 10. The van der Waals surface area contributed by atoms with E-state index in [1.54, 1.807) is 7.11 Å². The molecule has 0 aromatic heterocycles. The second-order valence-corrected chi connectivity index (χ2v) is 5.82. The van der Waals surface area contributed by atoms with Gasteiger partial charge in [-0.15, -0.1) is 0 Å². The van der Waals surface area contributed by atoms with Crippen molar-refractivity contribution >= 4 is 0 Å². The van der Waals surface area contributed by atoms with Gasteiger partial charge in [-0.2, -0.15) is 0 Å². The van der Waals surface area contributed by atoms with Crippen molar-refractivity contribution < 1.29 is 19.7 Å². The molecule has 0 aliphatic heterocycles. The molecule has 22 heavy (non-hydrogen) atoms. The van der Waals surface area contributed by atoms with Crippen molar-refractivity contribution in [2.75, 3.05) is 13.7 Å². The van der Waals surface area contributed by atoms with E-state index >= 15 is 0 Å². The van der Waals surface area contributed by atoms with Gasteiger partial charge in [-0.1, -0.05) is 33.3 Å². The van der Waals surface area contributed by atoms with Crippen molar-refractivity contribution in [1.29, 1.82) is 0 Å². The van der Waals surface area contributed by atoms with Crippen LogP contribution in [0.4, 0.5) is 0 Å². The molecule has 0 spiro atoms. The minimum atomic E-state index is -0.697. The Kier molecular flexibility index (Phi) is 8.28. The molecule has 1 aromatic carbocycles. The standard InChI is InChI=1S/C18H30O4/c1-5-7-15(19)16(20)11-13(3)14-8-9-17(22-10-6-2)18(12-14)21-4/h8-9,12-13,15-16,19-20H,5-7,10-11H2,1-4H3. The van der Waals surface area contributed by atoms with Crippen LogP contribution in [0.5, 0.6) is 11.5 Å². The number of hydrogen-bond acceptors (Lipinski definition) is 4. The van der Waals surface area contributed by atoms with E-state index in [9.17, 15) is 10.2 Å². The lowest BCUT2D eigenvalue weighted by Crippen LogP contribution is -2.27. The number of benzene rings is 1. The summed E-state index contributed by atoms with van der Waals surface area (Å²) in [5, 5.41) is 19.9. The first-order valence-corrected chi connectivity index (χ1v) is 8.20. The van der Waals surface area contributed by atoms with Crippen molar-refractivity contribution in [3.8, 4) is 11.5 Å². The fourth-order valence-corrected chi connectivity index (χ4v) is 2.47. The maximum Gasteiger partial charge on any atom is 0.161 e. The van der Waals surface area contributed by atoms with E-state index in [4.69, 9.17) is 9.47 Å². The summed E-state index contributed by atoms with van der Waals surface area (Å²) in [5.74, 6) is 1.59. The summed E-state index contributed by atoms with van der Waals surface area (Å²) in [4.78, 5) is 0. The van der Waals surface area contributed by atoms with E-state index in [2.05, 4.69) is 6.92 Å². The third kappa shape index (κ3) is 5.50. The van der Waals surface area contributed by atoms with Crippen LogP contribution in [0.1, 0.15) is 57.9 Å². The summed E-state index contributed by atoms with van der Waals surface area (Å²) in [6.07, 6.45) is 1.62. The van der Waals surface area contributed by atoms with Crippen molar-refractivity contribution in [3.05, 3.63) is 23.8 Å². The monoisotopic (exact) mass is 310 g/mol. The average Bonchev–Trinajstić information content (AvgIpc) is 2.52. The summed E-state index contributed by atoms with van der Waals surface area (Å²) in [5.41, 5.74) is 1.07. The van der Waals surface area contributed by atoms with Crippen molar-refractivity contribution in [3.63, 3.8) is 0 Å². The highest BCUT2D eigenvalue weighted by molar-refractivity contribution is 5.43. The van der Waals surface area contributed by atoms with Crippen LogP contribution in [0, 0.1) is 0 Å². The lowest BCUT2D eigenvalue weighted by Gasteiger charge is -2.22. The van der Waals surface area contributed by atoms with Gasteiger partial charge in [-0.05, 0) is 42.9 Å². The summed E-state index contributed by atoms with van der Waals surface area (Å²) in [6.45, 7) is 6.77. The largest absolute Gasteiger partial charge is 0.493 e. The summed E-state index contributed by atoms with van der Waals surface area (Å²) >= 11 is 0. The van der Waals surface area contributed by atoms with Gasteiger partial charge in [0.25, 0.3) is 0 Å². The topological polar surface area (TPSA) is 58.9 Å². The maximum absolute atomic E-state index is 10.1. The lowest BCUT2D eigenvalue weighted by atomic mass is 9.92. The molecule has 1 rings (SSSR count). The zero-order valence-electron chi connectivity index (χ0n) is 14.2. The molecule has 0 heterocycles. The molecule has 0 amide bonds. The van der Waals surface area contributed by atoms with Crippen molar-refractivity contribution in [2.24, 2.45) is 0 Å². The van der Waals surface area contributed by atoms with Gasteiger partial charge in [-0.25, -0.2) is 0 Å². The molecule has 126 valence electrons. The fraction of sp³-hybridized carbons (Fsp3) is 0.667. The van der Waals surface area contributed by atoms with E-state index in [0.717, 1.165) is 24.2 Å². The average molecular weight is 310 g/mol. The van der Waals surface area contributed by atoms with Crippen LogP contribution in [-0.4, -0.2) is 36.1 Å². The second kappa shape index (κ2) is 9.70. The maximum atomic E-state index is 10.1. The fourth-order valence-electron chi connectivity index (χ4n) is 2.47. The predicted octanol–water partition coefficient (Wildman–Crippen LogP) is 3.50. The Hall–Kier alpha value is -1.26. The minimum Gasteiger partial charge on any atom is -0.493 e. The molecule has 0 bridgehead atoms.